The largest absolute Gasteiger partial charge is 0.423 e. The average molecular weight is 488 g/mol. The van der Waals surface area contributed by atoms with Crippen LogP contribution in [0.3, 0.4) is 0 Å². The van der Waals surface area contributed by atoms with Crippen molar-refractivity contribution in [3.05, 3.63) is 100 Å². The molecule has 0 saturated heterocycles. The molecule has 8 nitrogen and oxygen atoms in total. The Labute approximate surface area is 206 Å². The number of carbonyl (C=O) groups is 1. The minimum Gasteiger partial charge on any atom is -0.423 e. The molecular weight excluding hydrogens is 466 g/mol. The van der Waals surface area contributed by atoms with E-state index in [0.29, 0.717) is 50.2 Å². The normalized spacial score (nSPS) is 15.5. The van der Waals surface area contributed by atoms with Gasteiger partial charge in [-0.2, -0.15) is 4.98 Å². The number of anilines is 2. The van der Waals surface area contributed by atoms with Gasteiger partial charge in [-0.1, -0.05) is 54.1 Å². The van der Waals surface area contributed by atoms with Crippen LogP contribution in [0.5, 0.6) is 0 Å². The number of hydrogen-bond donors (Lipinski definition) is 4. The number of carbonyl (C=O) groups excluding carboxylic acids is 1. The molecule has 3 aromatic carbocycles. The number of oxazole rings is 1. The van der Waals surface area contributed by atoms with Crippen LogP contribution >= 0.6 is 11.6 Å². The lowest BCUT2D eigenvalue weighted by Crippen LogP contribution is -2.37. The van der Waals surface area contributed by atoms with Gasteiger partial charge in [0.25, 0.3) is 5.91 Å². The standard InChI is InChI=1S/C26H22ClN5O3/c1-15-22(24(34)29-17-8-6-7-16(13-17)14-33)23(18-9-2-3-10-19(18)27)31-25(28-15)32-26-30-20-11-4-5-12-21(20)35-26/h2-13,23,33H,14H2,1H3,(H,29,34)(H2,28,30,31,32). The molecule has 0 spiro atoms. The summed E-state index contributed by atoms with van der Waals surface area (Å²) in [7, 11) is 0. The van der Waals surface area contributed by atoms with Crippen LogP contribution in [0, 0.1) is 0 Å². The number of fused-ring (bicyclic) bond motifs is 1. The number of halogens is 1. The monoisotopic (exact) mass is 487 g/mol. The van der Waals surface area contributed by atoms with E-state index >= 15 is 0 Å². The number of aliphatic hydroxyl groups is 1. The van der Waals surface area contributed by atoms with Gasteiger partial charge in [0.05, 0.1) is 12.2 Å². The summed E-state index contributed by atoms with van der Waals surface area (Å²) in [5.41, 5.74) is 4.31. The molecule has 0 saturated carbocycles. The van der Waals surface area contributed by atoms with Crippen molar-refractivity contribution in [2.24, 2.45) is 4.99 Å². The highest BCUT2D eigenvalue weighted by Crippen LogP contribution is 2.35. The van der Waals surface area contributed by atoms with Crippen molar-refractivity contribution in [1.82, 2.24) is 10.3 Å². The number of rotatable bonds is 5. The molecule has 35 heavy (non-hydrogen) atoms. The Balaban J connectivity index is 1.48. The van der Waals surface area contributed by atoms with E-state index in [-0.39, 0.29) is 18.5 Å². The summed E-state index contributed by atoms with van der Waals surface area (Å²) in [6.45, 7) is 1.68. The first kappa shape index (κ1) is 22.6. The Kier molecular flexibility index (Phi) is 6.22. The number of hydrogen-bond acceptors (Lipinski definition) is 7. The van der Waals surface area contributed by atoms with Gasteiger partial charge in [-0.05, 0) is 42.8 Å². The molecule has 1 aromatic heterocycles. The number of aliphatic hydroxyl groups excluding tert-OH is 1. The number of aromatic nitrogens is 1. The number of nitrogens with zero attached hydrogens (tertiary/aromatic N) is 2. The smallest absolute Gasteiger partial charge is 0.302 e. The molecule has 0 aliphatic carbocycles. The van der Waals surface area contributed by atoms with Crippen LogP contribution in [0.2, 0.25) is 5.02 Å². The van der Waals surface area contributed by atoms with Crippen LogP contribution < -0.4 is 16.0 Å². The number of aliphatic imine (C=N–C) groups is 1. The van der Waals surface area contributed by atoms with Gasteiger partial charge < -0.3 is 20.2 Å². The number of para-hydroxylation sites is 2. The summed E-state index contributed by atoms with van der Waals surface area (Å²) in [6, 6.07) is 21.3. The number of amides is 1. The van der Waals surface area contributed by atoms with Gasteiger partial charge in [0.2, 0.25) is 5.96 Å². The Bertz CT molecular complexity index is 1440. The molecule has 2 heterocycles. The lowest BCUT2D eigenvalue weighted by Gasteiger charge is -2.27. The van der Waals surface area contributed by atoms with Crippen molar-refractivity contribution < 1.29 is 14.3 Å². The molecule has 0 radical (unpaired) electrons. The summed E-state index contributed by atoms with van der Waals surface area (Å²) >= 11 is 6.51. The third-order valence-electron chi connectivity index (χ3n) is 5.57. The number of guanidine groups is 1. The first-order valence-corrected chi connectivity index (χ1v) is 11.3. The minimum absolute atomic E-state index is 0.121. The topological polar surface area (TPSA) is 112 Å². The fraction of sp³-hybridized carbons (Fsp3) is 0.115. The second-order valence-corrected chi connectivity index (χ2v) is 8.40. The molecule has 176 valence electrons. The van der Waals surface area contributed by atoms with Crippen LogP contribution in [-0.4, -0.2) is 22.0 Å². The van der Waals surface area contributed by atoms with Crippen LogP contribution in [0.25, 0.3) is 11.1 Å². The maximum Gasteiger partial charge on any atom is 0.302 e. The zero-order valence-electron chi connectivity index (χ0n) is 18.7. The number of benzene rings is 3. The van der Waals surface area contributed by atoms with Gasteiger partial charge in [0, 0.05) is 22.0 Å². The predicted molar refractivity (Wildman–Crippen MR) is 136 cm³/mol. The van der Waals surface area contributed by atoms with Crippen molar-refractivity contribution in [3.8, 4) is 0 Å². The van der Waals surface area contributed by atoms with Crippen molar-refractivity contribution >= 4 is 46.3 Å². The Hall–Kier alpha value is -4.14. The van der Waals surface area contributed by atoms with Crippen molar-refractivity contribution in [3.63, 3.8) is 0 Å². The zero-order chi connectivity index (χ0) is 24.4. The first-order chi connectivity index (χ1) is 17.0. The molecule has 9 heteroatoms. The molecule has 4 aromatic rings. The summed E-state index contributed by atoms with van der Waals surface area (Å²) in [6.07, 6.45) is 0. The third kappa shape index (κ3) is 4.75. The van der Waals surface area contributed by atoms with E-state index in [1.165, 1.54) is 0 Å². The van der Waals surface area contributed by atoms with E-state index in [9.17, 15) is 9.90 Å². The van der Waals surface area contributed by atoms with Gasteiger partial charge in [0.15, 0.2) is 5.58 Å². The molecule has 5 rings (SSSR count). The molecule has 1 unspecified atom stereocenters. The highest BCUT2D eigenvalue weighted by molar-refractivity contribution is 6.31. The third-order valence-corrected chi connectivity index (χ3v) is 5.92. The van der Waals surface area contributed by atoms with Gasteiger partial charge in [0.1, 0.15) is 11.6 Å². The molecule has 1 aliphatic rings. The highest BCUT2D eigenvalue weighted by Gasteiger charge is 2.31. The maximum atomic E-state index is 13.4. The van der Waals surface area contributed by atoms with Crippen LogP contribution in [-0.2, 0) is 11.4 Å². The summed E-state index contributed by atoms with van der Waals surface area (Å²) in [4.78, 5) is 22.6. The highest BCUT2D eigenvalue weighted by atomic mass is 35.5. The average Bonchev–Trinajstić information content (AvgIpc) is 3.26. The molecule has 1 aliphatic heterocycles. The minimum atomic E-state index is -0.683. The first-order valence-electron chi connectivity index (χ1n) is 11.0. The van der Waals surface area contributed by atoms with Crippen LogP contribution in [0.15, 0.2) is 93.5 Å². The molecule has 0 bridgehead atoms. The SMILES string of the molecule is CC1=C(C(=O)Nc2cccc(CO)c2)C(c2ccccc2Cl)N=C(Nc2nc3ccccc3o2)N1. The summed E-state index contributed by atoms with van der Waals surface area (Å²) in [5.74, 6) is 0.0393. The van der Waals surface area contributed by atoms with Crippen molar-refractivity contribution in [2.45, 2.75) is 19.6 Å². The van der Waals surface area contributed by atoms with Crippen LogP contribution in [0.4, 0.5) is 11.7 Å². The molecule has 1 atom stereocenters. The van der Waals surface area contributed by atoms with Crippen LogP contribution in [0.1, 0.15) is 24.1 Å². The van der Waals surface area contributed by atoms with Crippen molar-refractivity contribution in [1.29, 1.82) is 0 Å². The molecule has 1 amide bonds. The quantitative estimate of drug-likeness (QED) is 0.315. The van der Waals surface area contributed by atoms with E-state index in [2.05, 4.69) is 20.9 Å². The Morgan fingerprint density at radius 3 is 2.71 bits per heavy atom. The lowest BCUT2D eigenvalue weighted by atomic mass is 9.95. The Morgan fingerprint density at radius 1 is 1.11 bits per heavy atom. The maximum absolute atomic E-state index is 13.4. The predicted octanol–water partition coefficient (Wildman–Crippen LogP) is 5.00. The van der Waals surface area contributed by atoms with Gasteiger partial charge in [-0.25, -0.2) is 4.99 Å². The fourth-order valence-corrected chi connectivity index (χ4v) is 4.17. The van der Waals surface area contributed by atoms with E-state index in [4.69, 9.17) is 21.0 Å². The summed E-state index contributed by atoms with van der Waals surface area (Å²) in [5, 5.41) is 19.0. The molecule has 4 N–H and O–H groups in total. The number of nitrogens with one attached hydrogen (secondary N) is 3. The fourth-order valence-electron chi connectivity index (χ4n) is 3.93. The second-order valence-electron chi connectivity index (χ2n) is 7.99. The van der Waals surface area contributed by atoms with Gasteiger partial charge >= 0.3 is 6.01 Å². The van der Waals surface area contributed by atoms with Gasteiger partial charge in [-0.15, -0.1) is 0 Å². The van der Waals surface area contributed by atoms with E-state index < -0.39 is 6.04 Å². The molecular formula is C26H22ClN5O3. The second kappa shape index (κ2) is 9.61. The Morgan fingerprint density at radius 2 is 1.91 bits per heavy atom. The zero-order valence-corrected chi connectivity index (χ0v) is 19.5. The van der Waals surface area contributed by atoms with E-state index in [1.54, 1.807) is 37.3 Å². The van der Waals surface area contributed by atoms with Gasteiger partial charge in [-0.3, -0.25) is 10.1 Å². The van der Waals surface area contributed by atoms with Crippen molar-refractivity contribution in [2.75, 3.05) is 10.6 Å². The number of allylic oxidation sites excluding steroid dienone is 1. The van der Waals surface area contributed by atoms with E-state index in [0.717, 1.165) is 0 Å². The molecule has 0 fully saturated rings. The summed E-state index contributed by atoms with van der Waals surface area (Å²) < 4.78 is 5.76. The lowest BCUT2D eigenvalue weighted by molar-refractivity contribution is -0.113. The van der Waals surface area contributed by atoms with E-state index in [1.807, 2.05) is 42.5 Å².